The van der Waals surface area contributed by atoms with Crippen LogP contribution >= 0.6 is 15.9 Å². The standard InChI is InChI=1S/C15H20BrNO3/c1-10-7-14(11(2)6-13(10)16)20-9-15(18)17-8-12-4-3-5-19-12/h6-7,12H,3-5,8-9H2,1-2H3,(H,17,18). The number of benzene rings is 1. The summed E-state index contributed by atoms with van der Waals surface area (Å²) >= 11 is 3.47. The first-order valence-corrected chi connectivity index (χ1v) is 7.63. The topological polar surface area (TPSA) is 47.6 Å². The number of carbonyl (C=O) groups is 1. The van der Waals surface area contributed by atoms with E-state index < -0.39 is 0 Å². The van der Waals surface area contributed by atoms with Crippen molar-refractivity contribution >= 4 is 21.8 Å². The highest BCUT2D eigenvalue weighted by Crippen LogP contribution is 2.26. The number of amides is 1. The average molecular weight is 342 g/mol. The largest absolute Gasteiger partial charge is 0.483 e. The second-order valence-electron chi connectivity index (χ2n) is 5.09. The Morgan fingerprint density at radius 2 is 2.25 bits per heavy atom. The lowest BCUT2D eigenvalue weighted by Crippen LogP contribution is -2.35. The Morgan fingerprint density at radius 3 is 2.95 bits per heavy atom. The van der Waals surface area contributed by atoms with E-state index in [1.54, 1.807) is 0 Å². The zero-order valence-corrected chi connectivity index (χ0v) is 13.5. The minimum absolute atomic E-state index is 0.0363. The van der Waals surface area contributed by atoms with E-state index in [1.165, 1.54) is 0 Å². The molecule has 110 valence electrons. The first-order chi connectivity index (χ1) is 9.56. The zero-order chi connectivity index (χ0) is 14.5. The van der Waals surface area contributed by atoms with Crippen LogP contribution in [0.1, 0.15) is 24.0 Å². The van der Waals surface area contributed by atoms with Gasteiger partial charge in [-0.2, -0.15) is 0 Å². The van der Waals surface area contributed by atoms with E-state index in [9.17, 15) is 4.79 Å². The second kappa shape index (κ2) is 7.09. The maximum atomic E-state index is 11.7. The molecule has 1 aromatic rings. The second-order valence-corrected chi connectivity index (χ2v) is 5.95. The highest BCUT2D eigenvalue weighted by Gasteiger charge is 2.16. The lowest BCUT2D eigenvalue weighted by molar-refractivity contribution is -0.123. The van der Waals surface area contributed by atoms with Gasteiger partial charge < -0.3 is 14.8 Å². The molecule has 0 aromatic heterocycles. The number of ether oxygens (including phenoxy) is 2. The summed E-state index contributed by atoms with van der Waals surface area (Å²) in [6, 6.07) is 3.93. The minimum Gasteiger partial charge on any atom is -0.483 e. The molecule has 1 aliphatic heterocycles. The van der Waals surface area contributed by atoms with Crippen LogP contribution in [0.3, 0.4) is 0 Å². The third-order valence-electron chi connectivity index (χ3n) is 3.37. The van der Waals surface area contributed by atoms with Crippen molar-refractivity contribution in [2.24, 2.45) is 0 Å². The molecule has 2 rings (SSSR count). The van der Waals surface area contributed by atoms with Gasteiger partial charge in [-0.15, -0.1) is 0 Å². The van der Waals surface area contributed by atoms with Gasteiger partial charge >= 0.3 is 0 Å². The van der Waals surface area contributed by atoms with Crippen molar-refractivity contribution in [1.29, 1.82) is 0 Å². The van der Waals surface area contributed by atoms with Crippen molar-refractivity contribution in [2.75, 3.05) is 19.8 Å². The van der Waals surface area contributed by atoms with E-state index in [4.69, 9.17) is 9.47 Å². The molecule has 1 saturated heterocycles. The molecule has 0 saturated carbocycles. The van der Waals surface area contributed by atoms with Crippen LogP contribution in [-0.2, 0) is 9.53 Å². The van der Waals surface area contributed by atoms with E-state index in [1.807, 2.05) is 26.0 Å². The first kappa shape index (κ1) is 15.3. The van der Waals surface area contributed by atoms with Gasteiger partial charge in [0.2, 0.25) is 0 Å². The van der Waals surface area contributed by atoms with Crippen LogP contribution in [0.4, 0.5) is 0 Å². The Balaban J connectivity index is 1.79. The van der Waals surface area contributed by atoms with Crippen LogP contribution in [0.25, 0.3) is 0 Å². The van der Waals surface area contributed by atoms with Crippen LogP contribution in [0.5, 0.6) is 5.75 Å². The van der Waals surface area contributed by atoms with Crippen LogP contribution in [0.15, 0.2) is 16.6 Å². The molecule has 1 aromatic carbocycles. The molecule has 1 fully saturated rings. The summed E-state index contributed by atoms with van der Waals surface area (Å²) in [7, 11) is 0. The quantitative estimate of drug-likeness (QED) is 0.895. The molecule has 20 heavy (non-hydrogen) atoms. The number of nitrogens with one attached hydrogen (secondary N) is 1. The Labute approximate surface area is 128 Å². The lowest BCUT2D eigenvalue weighted by Gasteiger charge is -2.13. The van der Waals surface area contributed by atoms with Gasteiger partial charge in [-0.25, -0.2) is 0 Å². The monoisotopic (exact) mass is 341 g/mol. The summed E-state index contributed by atoms with van der Waals surface area (Å²) in [4.78, 5) is 11.7. The van der Waals surface area contributed by atoms with Gasteiger partial charge in [-0.3, -0.25) is 4.79 Å². The zero-order valence-electron chi connectivity index (χ0n) is 11.9. The summed E-state index contributed by atoms with van der Waals surface area (Å²) < 4.78 is 12.1. The fourth-order valence-electron chi connectivity index (χ4n) is 2.14. The molecule has 1 atom stereocenters. The van der Waals surface area contributed by atoms with E-state index >= 15 is 0 Å². The van der Waals surface area contributed by atoms with Crippen molar-refractivity contribution in [3.8, 4) is 5.75 Å². The van der Waals surface area contributed by atoms with Crippen LogP contribution in [-0.4, -0.2) is 31.8 Å². The molecule has 1 heterocycles. The van der Waals surface area contributed by atoms with Gasteiger partial charge in [0.15, 0.2) is 6.61 Å². The van der Waals surface area contributed by atoms with Crippen molar-refractivity contribution in [3.05, 3.63) is 27.7 Å². The molecule has 0 spiro atoms. The van der Waals surface area contributed by atoms with E-state index in [-0.39, 0.29) is 18.6 Å². The molecule has 4 nitrogen and oxygen atoms in total. The maximum absolute atomic E-state index is 11.7. The highest BCUT2D eigenvalue weighted by molar-refractivity contribution is 9.10. The number of halogens is 1. The Morgan fingerprint density at radius 1 is 1.45 bits per heavy atom. The molecule has 0 radical (unpaired) electrons. The van der Waals surface area contributed by atoms with Crippen molar-refractivity contribution in [1.82, 2.24) is 5.32 Å². The number of hydrogen-bond donors (Lipinski definition) is 1. The van der Waals surface area contributed by atoms with Crippen LogP contribution in [0.2, 0.25) is 0 Å². The lowest BCUT2D eigenvalue weighted by atomic mass is 10.1. The molecule has 1 amide bonds. The van der Waals surface area contributed by atoms with Crippen molar-refractivity contribution in [2.45, 2.75) is 32.8 Å². The average Bonchev–Trinajstić information content (AvgIpc) is 2.92. The van der Waals surface area contributed by atoms with E-state index in [2.05, 4.69) is 21.2 Å². The summed E-state index contributed by atoms with van der Waals surface area (Å²) in [6.45, 7) is 5.36. The Hall–Kier alpha value is -1.07. The highest BCUT2D eigenvalue weighted by atomic mass is 79.9. The Bertz CT molecular complexity index is 484. The van der Waals surface area contributed by atoms with E-state index in [0.29, 0.717) is 6.54 Å². The predicted octanol–water partition coefficient (Wildman–Crippen LogP) is 2.74. The molecular formula is C15H20BrNO3. The predicted molar refractivity (Wildman–Crippen MR) is 81.1 cm³/mol. The summed E-state index contributed by atoms with van der Waals surface area (Å²) in [6.07, 6.45) is 2.26. The molecule has 0 bridgehead atoms. The molecule has 1 aliphatic rings. The first-order valence-electron chi connectivity index (χ1n) is 6.84. The maximum Gasteiger partial charge on any atom is 0.258 e. The van der Waals surface area contributed by atoms with Crippen LogP contribution < -0.4 is 10.1 Å². The van der Waals surface area contributed by atoms with Gasteiger partial charge in [0.25, 0.3) is 5.91 Å². The summed E-state index contributed by atoms with van der Waals surface area (Å²) in [5.74, 6) is 0.637. The number of carbonyl (C=O) groups excluding carboxylic acids is 1. The third kappa shape index (κ3) is 4.21. The Kier molecular flexibility index (Phi) is 5.43. The van der Waals surface area contributed by atoms with Gasteiger partial charge in [0.1, 0.15) is 5.75 Å². The normalized spacial score (nSPS) is 18.1. The smallest absolute Gasteiger partial charge is 0.258 e. The molecule has 5 heteroatoms. The number of hydrogen-bond acceptors (Lipinski definition) is 3. The van der Waals surface area contributed by atoms with Crippen LogP contribution in [0, 0.1) is 13.8 Å². The minimum atomic E-state index is -0.111. The number of aryl methyl sites for hydroxylation is 2. The molecular weight excluding hydrogens is 322 g/mol. The third-order valence-corrected chi connectivity index (χ3v) is 4.22. The molecule has 1 unspecified atom stereocenters. The van der Waals surface area contributed by atoms with Gasteiger partial charge in [0.05, 0.1) is 6.10 Å². The molecule has 0 aliphatic carbocycles. The van der Waals surface area contributed by atoms with Crippen molar-refractivity contribution < 1.29 is 14.3 Å². The number of rotatable bonds is 5. The molecule has 1 N–H and O–H groups in total. The fraction of sp³-hybridized carbons (Fsp3) is 0.533. The SMILES string of the molecule is Cc1cc(OCC(=O)NCC2CCCO2)c(C)cc1Br. The van der Waals surface area contributed by atoms with Gasteiger partial charge in [-0.05, 0) is 49.9 Å². The summed E-state index contributed by atoms with van der Waals surface area (Å²) in [5, 5.41) is 2.84. The van der Waals surface area contributed by atoms with Gasteiger partial charge in [0, 0.05) is 17.6 Å². The van der Waals surface area contributed by atoms with Gasteiger partial charge in [-0.1, -0.05) is 15.9 Å². The summed E-state index contributed by atoms with van der Waals surface area (Å²) in [5.41, 5.74) is 2.10. The van der Waals surface area contributed by atoms with E-state index in [0.717, 1.165) is 40.8 Å². The van der Waals surface area contributed by atoms with Crippen molar-refractivity contribution in [3.63, 3.8) is 0 Å². The fourth-order valence-corrected chi connectivity index (χ4v) is 2.60.